The number of hydrogen-bond donors (Lipinski definition) is 1. The van der Waals surface area contributed by atoms with Gasteiger partial charge in [-0.2, -0.15) is 0 Å². The molecule has 1 unspecified atom stereocenters. The Kier molecular flexibility index (Phi) is 14.2. The van der Waals surface area contributed by atoms with Gasteiger partial charge in [0.2, 0.25) is 0 Å². The molecule has 0 aliphatic carbocycles. The minimum atomic E-state index is 0.662. The minimum absolute atomic E-state index is 0.662. The van der Waals surface area contributed by atoms with Gasteiger partial charge in [-0.25, -0.2) is 0 Å². The van der Waals surface area contributed by atoms with E-state index in [9.17, 15) is 0 Å². The molecular formula is C18H33N. The van der Waals surface area contributed by atoms with E-state index >= 15 is 0 Å². The number of nitrogens with two attached hydrogens (primary N) is 1. The molecule has 2 N–H and O–H groups in total. The van der Waals surface area contributed by atoms with Crippen molar-refractivity contribution in [2.75, 3.05) is 6.54 Å². The molecule has 0 aromatic carbocycles. The van der Waals surface area contributed by atoms with Gasteiger partial charge >= 0.3 is 0 Å². The fourth-order valence-corrected chi connectivity index (χ4v) is 1.56. The Morgan fingerprint density at radius 2 is 1.68 bits per heavy atom. The summed E-state index contributed by atoms with van der Waals surface area (Å²) in [4.78, 5) is 0. The van der Waals surface area contributed by atoms with E-state index in [4.69, 9.17) is 5.73 Å². The molecular weight excluding hydrogens is 230 g/mol. The van der Waals surface area contributed by atoms with Crippen LogP contribution in [0.1, 0.15) is 53.9 Å². The topological polar surface area (TPSA) is 26.0 Å². The van der Waals surface area contributed by atoms with Crippen molar-refractivity contribution >= 4 is 0 Å². The summed E-state index contributed by atoms with van der Waals surface area (Å²) >= 11 is 0. The van der Waals surface area contributed by atoms with Crippen LogP contribution in [0.15, 0.2) is 48.1 Å². The Balaban J connectivity index is 0. The molecule has 19 heavy (non-hydrogen) atoms. The lowest BCUT2D eigenvalue weighted by molar-refractivity contribution is 0.518. The second-order valence-corrected chi connectivity index (χ2v) is 5.12. The van der Waals surface area contributed by atoms with Crippen molar-refractivity contribution in [3.63, 3.8) is 0 Å². The second-order valence-electron chi connectivity index (χ2n) is 5.12. The summed E-state index contributed by atoms with van der Waals surface area (Å²) in [6.45, 7) is 18.8. The number of rotatable bonds is 7. The van der Waals surface area contributed by atoms with Crippen LogP contribution in [0.3, 0.4) is 0 Å². The third-order valence-electron chi connectivity index (χ3n) is 2.94. The average molecular weight is 263 g/mol. The predicted molar refractivity (Wildman–Crippen MR) is 90.3 cm³/mol. The molecule has 1 heteroatoms. The van der Waals surface area contributed by atoms with Gasteiger partial charge in [-0.1, -0.05) is 61.4 Å². The Labute approximate surface area is 121 Å². The SMILES string of the molecule is C=C(C)/C=C\C(C)=C/C.C=C(C)C(CCC)CCN. The Bertz CT molecular complexity index is 302. The summed E-state index contributed by atoms with van der Waals surface area (Å²) in [5.41, 5.74) is 9.11. The Hall–Kier alpha value is -1.08. The third kappa shape index (κ3) is 14.9. The van der Waals surface area contributed by atoms with Gasteiger partial charge in [-0.05, 0) is 53.0 Å². The largest absolute Gasteiger partial charge is 0.330 e. The van der Waals surface area contributed by atoms with Gasteiger partial charge in [0, 0.05) is 0 Å². The zero-order valence-electron chi connectivity index (χ0n) is 13.6. The van der Waals surface area contributed by atoms with Crippen molar-refractivity contribution in [3.8, 4) is 0 Å². The quantitative estimate of drug-likeness (QED) is 0.482. The van der Waals surface area contributed by atoms with E-state index in [2.05, 4.69) is 46.1 Å². The fourth-order valence-electron chi connectivity index (χ4n) is 1.56. The first-order valence-corrected chi connectivity index (χ1v) is 7.20. The first kappa shape index (κ1) is 20.2. The van der Waals surface area contributed by atoms with Crippen LogP contribution in [0, 0.1) is 5.92 Å². The van der Waals surface area contributed by atoms with E-state index in [1.807, 2.05) is 19.9 Å². The van der Waals surface area contributed by atoms with Crippen molar-refractivity contribution < 1.29 is 0 Å². The highest BCUT2D eigenvalue weighted by Crippen LogP contribution is 2.17. The molecule has 0 rings (SSSR count). The standard InChI is InChI=1S/C9H19N.C9H14/c1-4-5-9(6-7-10)8(2)3;1-5-9(4)7-6-8(2)3/h9H,2,4-7,10H2,1,3H3;5-7H,2H2,1,3-4H3/b;7-6-,9-5-. The molecule has 0 aromatic rings. The van der Waals surface area contributed by atoms with Crippen LogP contribution in [-0.2, 0) is 0 Å². The summed E-state index contributed by atoms with van der Waals surface area (Å²) < 4.78 is 0. The van der Waals surface area contributed by atoms with Gasteiger partial charge in [-0.15, -0.1) is 0 Å². The summed E-state index contributed by atoms with van der Waals surface area (Å²) in [5, 5.41) is 0. The zero-order valence-corrected chi connectivity index (χ0v) is 13.6. The van der Waals surface area contributed by atoms with Gasteiger partial charge in [-0.3, -0.25) is 0 Å². The first-order chi connectivity index (χ1) is 8.88. The maximum Gasteiger partial charge on any atom is -0.00716 e. The highest BCUT2D eigenvalue weighted by atomic mass is 14.5. The Morgan fingerprint density at radius 1 is 1.11 bits per heavy atom. The summed E-state index contributed by atoms with van der Waals surface area (Å²) in [7, 11) is 0. The number of allylic oxidation sites excluding steroid dienone is 6. The molecule has 110 valence electrons. The van der Waals surface area contributed by atoms with Crippen LogP contribution >= 0.6 is 0 Å². The van der Waals surface area contributed by atoms with Crippen molar-refractivity contribution in [2.24, 2.45) is 11.7 Å². The molecule has 0 aliphatic heterocycles. The molecule has 0 aromatic heterocycles. The van der Waals surface area contributed by atoms with Crippen molar-refractivity contribution in [1.82, 2.24) is 0 Å². The zero-order chi connectivity index (χ0) is 15.3. The van der Waals surface area contributed by atoms with Gasteiger partial charge < -0.3 is 5.73 Å². The van der Waals surface area contributed by atoms with Crippen LogP contribution in [0.25, 0.3) is 0 Å². The molecule has 0 fully saturated rings. The molecule has 0 heterocycles. The maximum absolute atomic E-state index is 5.46. The smallest absolute Gasteiger partial charge is 0.00716 e. The van der Waals surface area contributed by atoms with E-state index in [1.54, 1.807) is 0 Å². The van der Waals surface area contributed by atoms with Crippen molar-refractivity contribution in [1.29, 1.82) is 0 Å². The van der Waals surface area contributed by atoms with Crippen LogP contribution in [-0.4, -0.2) is 6.54 Å². The first-order valence-electron chi connectivity index (χ1n) is 7.20. The normalized spacial score (nSPS) is 12.8. The highest BCUT2D eigenvalue weighted by Gasteiger charge is 2.05. The van der Waals surface area contributed by atoms with Crippen molar-refractivity contribution in [2.45, 2.75) is 53.9 Å². The van der Waals surface area contributed by atoms with Gasteiger partial charge in [0.15, 0.2) is 0 Å². The molecule has 0 saturated carbocycles. The summed E-state index contributed by atoms with van der Waals surface area (Å²) in [5.74, 6) is 0.662. The second kappa shape index (κ2) is 13.4. The van der Waals surface area contributed by atoms with E-state index in [-0.39, 0.29) is 0 Å². The molecule has 0 spiro atoms. The molecule has 1 nitrogen and oxygen atoms in total. The van der Waals surface area contributed by atoms with Gasteiger partial charge in [0.05, 0.1) is 0 Å². The summed E-state index contributed by atoms with van der Waals surface area (Å²) in [6.07, 6.45) is 9.71. The summed E-state index contributed by atoms with van der Waals surface area (Å²) in [6, 6.07) is 0. The lowest BCUT2D eigenvalue weighted by Gasteiger charge is -2.13. The molecule has 0 saturated heterocycles. The monoisotopic (exact) mass is 263 g/mol. The lowest BCUT2D eigenvalue weighted by Crippen LogP contribution is -2.09. The van der Waals surface area contributed by atoms with E-state index in [0.29, 0.717) is 5.92 Å². The van der Waals surface area contributed by atoms with Crippen LogP contribution in [0.4, 0.5) is 0 Å². The fraction of sp³-hybridized carbons (Fsp3) is 0.556. The predicted octanol–water partition coefficient (Wildman–Crippen LogP) is 5.41. The third-order valence-corrected chi connectivity index (χ3v) is 2.94. The van der Waals surface area contributed by atoms with Crippen molar-refractivity contribution in [3.05, 3.63) is 48.1 Å². The lowest BCUT2D eigenvalue weighted by atomic mass is 9.93. The average Bonchev–Trinajstić information content (AvgIpc) is 2.36. The van der Waals surface area contributed by atoms with Gasteiger partial charge in [0.25, 0.3) is 0 Å². The van der Waals surface area contributed by atoms with E-state index in [1.165, 1.54) is 24.0 Å². The number of hydrogen-bond acceptors (Lipinski definition) is 1. The van der Waals surface area contributed by atoms with E-state index in [0.717, 1.165) is 18.5 Å². The maximum atomic E-state index is 5.46. The highest BCUT2D eigenvalue weighted by molar-refractivity contribution is 5.22. The van der Waals surface area contributed by atoms with Crippen LogP contribution in [0.5, 0.6) is 0 Å². The van der Waals surface area contributed by atoms with Crippen LogP contribution in [0.2, 0.25) is 0 Å². The molecule has 0 aliphatic rings. The molecule has 0 bridgehead atoms. The molecule has 0 amide bonds. The minimum Gasteiger partial charge on any atom is -0.330 e. The molecule has 0 radical (unpaired) electrons. The molecule has 1 atom stereocenters. The van der Waals surface area contributed by atoms with Crippen LogP contribution < -0.4 is 5.73 Å². The van der Waals surface area contributed by atoms with Gasteiger partial charge in [0.1, 0.15) is 0 Å². The van der Waals surface area contributed by atoms with E-state index < -0.39 is 0 Å². The Morgan fingerprint density at radius 3 is 2.00 bits per heavy atom.